The lowest BCUT2D eigenvalue weighted by molar-refractivity contribution is 0.0690. The van der Waals surface area contributed by atoms with Crippen molar-refractivity contribution in [1.82, 2.24) is 4.98 Å². The van der Waals surface area contributed by atoms with E-state index in [-0.39, 0.29) is 5.69 Å². The maximum atomic E-state index is 12.0. The van der Waals surface area contributed by atoms with E-state index >= 15 is 0 Å². The maximum Gasteiger partial charge on any atom is 0.352 e. The Morgan fingerprint density at radius 2 is 1.69 bits per heavy atom. The molecular formula is C30H24ClNO3. The summed E-state index contributed by atoms with van der Waals surface area (Å²) in [4.78, 5) is 15.2. The molecule has 1 aromatic heterocycles. The molecule has 0 amide bonds. The molecule has 4 nitrogen and oxygen atoms in total. The van der Waals surface area contributed by atoms with Gasteiger partial charge in [0, 0.05) is 15.8 Å². The monoisotopic (exact) mass is 481 g/mol. The predicted octanol–water partition coefficient (Wildman–Crippen LogP) is 7.85. The van der Waals surface area contributed by atoms with Crippen LogP contribution < -0.4 is 4.74 Å². The number of aryl methyl sites for hydroxylation is 1. The average molecular weight is 482 g/mol. The van der Waals surface area contributed by atoms with Crippen LogP contribution in [0.25, 0.3) is 33.8 Å². The van der Waals surface area contributed by atoms with Crippen molar-refractivity contribution < 1.29 is 14.6 Å². The quantitative estimate of drug-likeness (QED) is 0.175. The predicted molar refractivity (Wildman–Crippen MR) is 143 cm³/mol. The molecule has 0 aliphatic carbocycles. The fourth-order valence-corrected chi connectivity index (χ4v) is 4.62. The Hall–Kier alpha value is -4.02. The number of halogens is 1. The largest absolute Gasteiger partial charge is 0.493 e. The molecule has 0 saturated heterocycles. The van der Waals surface area contributed by atoms with E-state index in [0.717, 1.165) is 44.1 Å². The number of carboxylic acid groups (broad SMARTS) is 1. The molecule has 1 heterocycles. The van der Waals surface area contributed by atoms with Gasteiger partial charge in [-0.3, -0.25) is 0 Å². The number of fused-ring (bicyclic) bond motifs is 2. The van der Waals surface area contributed by atoms with E-state index in [2.05, 4.69) is 17.1 Å². The van der Waals surface area contributed by atoms with E-state index in [4.69, 9.17) is 16.3 Å². The summed E-state index contributed by atoms with van der Waals surface area (Å²) in [6.07, 6.45) is 5.23. The smallest absolute Gasteiger partial charge is 0.352 e. The van der Waals surface area contributed by atoms with Crippen LogP contribution >= 0.6 is 11.6 Å². The molecule has 0 saturated carbocycles. The Bertz CT molecular complexity index is 1550. The Kier molecular flexibility index (Phi) is 6.55. The Balaban J connectivity index is 1.37. The van der Waals surface area contributed by atoms with Crippen LogP contribution in [0.4, 0.5) is 0 Å². The highest BCUT2D eigenvalue weighted by Gasteiger charge is 2.18. The number of aromatic carboxylic acids is 1. The van der Waals surface area contributed by atoms with Gasteiger partial charge in [0.1, 0.15) is 11.4 Å². The van der Waals surface area contributed by atoms with Gasteiger partial charge in [0.15, 0.2) is 0 Å². The summed E-state index contributed by atoms with van der Waals surface area (Å²) in [5.74, 6) is -0.120. The molecular weight excluding hydrogens is 458 g/mol. The van der Waals surface area contributed by atoms with Crippen molar-refractivity contribution in [3.63, 3.8) is 0 Å². The number of benzene rings is 4. The van der Waals surface area contributed by atoms with Crippen LogP contribution in [0.5, 0.6) is 5.75 Å². The number of H-pyrrole nitrogens is 1. The van der Waals surface area contributed by atoms with E-state index < -0.39 is 5.97 Å². The van der Waals surface area contributed by atoms with Gasteiger partial charge in [-0.15, -0.1) is 0 Å². The van der Waals surface area contributed by atoms with Crippen molar-refractivity contribution in [1.29, 1.82) is 0 Å². The fraction of sp³-hybridized carbons (Fsp3) is 0.100. The number of hydrogen-bond donors (Lipinski definition) is 2. The lowest BCUT2D eigenvalue weighted by atomic mass is 10.0. The first-order valence-electron chi connectivity index (χ1n) is 11.5. The van der Waals surface area contributed by atoms with E-state index in [1.165, 1.54) is 0 Å². The van der Waals surface area contributed by atoms with Gasteiger partial charge in [-0.05, 0) is 53.1 Å². The van der Waals surface area contributed by atoms with Gasteiger partial charge in [0.25, 0.3) is 0 Å². The van der Waals surface area contributed by atoms with Crippen molar-refractivity contribution in [2.45, 2.75) is 12.8 Å². The molecule has 5 aromatic rings. The Morgan fingerprint density at radius 3 is 2.54 bits per heavy atom. The molecule has 5 rings (SSSR count). The Morgan fingerprint density at radius 1 is 0.914 bits per heavy atom. The number of nitrogens with one attached hydrogen (secondary N) is 1. The zero-order valence-corrected chi connectivity index (χ0v) is 19.8. The van der Waals surface area contributed by atoms with Gasteiger partial charge >= 0.3 is 5.97 Å². The van der Waals surface area contributed by atoms with Crippen LogP contribution in [0.2, 0.25) is 5.02 Å². The summed E-state index contributed by atoms with van der Waals surface area (Å²) in [6.45, 7) is 0.494. The molecule has 0 fully saturated rings. The zero-order valence-electron chi connectivity index (χ0n) is 19.0. The van der Waals surface area contributed by atoms with Gasteiger partial charge in [-0.2, -0.15) is 0 Å². The third-order valence-electron chi connectivity index (χ3n) is 6.07. The molecule has 4 aromatic carbocycles. The number of aromatic nitrogens is 1. The molecule has 35 heavy (non-hydrogen) atoms. The van der Waals surface area contributed by atoms with E-state index in [1.807, 2.05) is 84.9 Å². The fourth-order valence-electron chi connectivity index (χ4n) is 4.43. The molecule has 0 aliphatic rings. The molecule has 0 unspecified atom stereocenters. The van der Waals surface area contributed by atoms with Crippen molar-refractivity contribution in [2.75, 3.05) is 6.61 Å². The van der Waals surface area contributed by atoms with Gasteiger partial charge in [0.05, 0.1) is 12.1 Å². The standard InChI is InChI=1S/C30H24ClNO3/c31-23-11-3-7-20(19-23)16-17-22-10-4-13-25-26(29(30(33)34)32-28(22)25)14-6-18-35-27-15-5-9-21-8-1-2-12-24(21)27/h1-5,7-13,15-17,19,32H,6,14,18H2,(H,33,34). The van der Waals surface area contributed by atoms with Crippen LogP contribution in [0.3, 0.4) is 0 Å². The lowest BCUT2D eigenvalue weighted by Gasteiger charge is -2.09. The minimum Gasteiger partial charge on any atom is -0.493 e. The first kappa shape index (κ1) is 22.8. The number of aromatic amines is 1. The van der Waals surface area contributed by atoms with Crippen LogP contribution in [0.15, 0.2) is 84.9 Å². The highest BCUT2D eigenvalue weighted by atomic mass is 35.5. The summed E-state index contributed by atoms with van der Waals surface area (Å²) in [5, 5.41) is 13.6. The number of hydrogen-bond acceptors (Lipinski definition) is 2. The van der Waals surface area contributed by atoms with E-state index in [0.29, 0.717) is 24.5 Å². The normalized spacial score (nSPS) is 11.5. The molecule has 0 spiro atoms. The zero-order chi connectivity index (χ0) is 24.2. The van der Waals surface area contributed by atoms with Crippen LogP contribution in [0.1, 0.15) is 33.6 Å². The maximum absolute atomic E-state index is 12.0. The van der Waals surface area contributed by atoms with Gasteiger partial charge < -0.3 is 14.8 Å². The minimum atomic E-state index is -0.962. The summed E-state index contributed by atoms with van der Waals surface area (Å²) in [5.41, 5.74) is 3.74. The highest BCUT2D eigenvalue weighted by molar-refractivity contribution is 6.30. The summed E-state index contributed by atoms with van der Waals surface area (Å²) in [6, 6.07) is 27.6. The minimum absolute atomic E-state index is 0.230. The second-order valence-electron chi connectivity index (χ2n) is 8.37. The summed E-state index contributed by atoms with van der Waals surface area (Å²) >= 11 is 6.09. The first-order chi connectivity index (χ1) is 17.1. The van der Waals surface area contributed by atoms with Crippen molar-refractivity contribution in [3.8, 4) is 5.75 Å². The van der Waals surface area contributed by atoms with Crippen LogP contribution in [0, 0.1) is 0 Å². The van der Waals surface area contributed by atoms with Crippen LogP contribution in [-0.2, 0) is 6.42 Å². The Labute approximate surface area is 208 Å². The number of para-hydroxylation sites is 1. The molecule has 174 valence electrons. The van der Waals surface area contributed by atoms with Crippen LogP contribution in [-0.4, -0.2) is 22.7 Å². The highest BCUT2D eigenvalue weighted by Crippen LogP contribution is 2.29. The number of rotatable bonds is 8. The topological polar surface area (TPSA) is 62.3 Å². The molecule has 0 aliphatic heterocycles. The number of carbonyl (C=O) groups is 1. The summed E-state index contributed by atoms with van der Waals surface area (Å²) < 4.78 is 6.07. The second-order valence-corrected chi connectivity index (χ2v) is 8.81. The molecule has 5 heteroatoms. The molecule has 0 bridgehead atoms. The number of carboxylic acids is 1. The number of ether oxygens (including phenoxy) is 1. The van der Waals surface area contributed by atoms with Gasteiger partial charge in [-0.1, -0.05) is 90.5 Å². The van der Waals surface area contributed by atoms with E-state index in [9.17, 15) is 9.90 Å². The van der Waals surface area contributed by atoms with Gasteiger partial charge in [0.2, 0.25) is 0 Å². The van der Waals surface area contributed by atoms with Crippen molar-refractivity contribution in [2.24, 2.45) is 0 Å². The third-order valence-corrected chi connectivity index (χ3v) is 6.30. The average Bonchev–Trinajstić information content (AvgIpc) is 3.25. The second kappa shape index (κ2) is 10.1. The lowest BCUT2D eigenvalue weighted by Crippen LogP contribution is -2.04. The summed E-state index contributed by atoms with van der Waals surface area (Å²) in [7, 11) is 0. The molecule has 0 radical (unpaired) electrons. The van der Waals surface area contributed by atoms with Crippen molar-refractivity contribution in [3.05, 3.63) is 112 Å². The van der Waals surface area contributed by atoms with E-state index in [1.54, 1.807) is 0 Å². The van der Waals surface area contributed by atoms with Gasteiger partial charge in [-0.25, -0.2) is 4.79 Å². The SMILES string of the molecule is O=C(O)c1[nH]c2c(C=Cc3cccc(Cl)c3)cccc2c1CCCOc1cccc2ccccc12. The molecule has 0 atom stereocenters. The first-order valence-corrected chi connectivity index (χ1v) is 11.9. The molecule has 2 N–H and O–H groups in total. The third kappa shape index (κ3) is 4.93. The van der Waals surface area contributed by atoms with Crippen molar-refractivity contribution >= 4 is 51.4 Å².